The second kappa shape index (κ2) is 19.3. The summed E-state index contributed by atoms with van der Waals surface area (Å²) in [5.74, 6) is -2.46. The van der Waals surface area contributed by atoms with Gasteiger partial charge in [0.15, 0.2) is 0 Å². The molecule has 1 saturated carbocycles. The molecule has 0 aromatic carbocycles. The molecule has 0 spiro atoms. The molecule has 0 radical (unpaired) electrons. The lowest BCUT2D eigenvalue weighted by molar-refractivity contribution is -0.133. The number of sulfone groups is 1. The molecule has 1 unspecified atom stereocenters. The fourth-order valence-corrected chi connectivity index (χ4v) is 7.10. The number of carbonyl (C=O) groups excluding carboxylic acids is 4. The molecule has 0 saturated heterocycles. The molecule has 0 aliphatic heterocycles. The topological polar surface area (TPSA) is 193 Å². The molecule has 1 aromatic rings. The van der Waals surface area contributed by atoms with E-state index in [4.69, 9.17) is 4.74 Å². The lowest BCUT2D eigenvalue weighted by atomic mass is 9.83. The van der Waals surface area contributed by atoms with Crippen molar-refractivity contribution in [3.8, 4) is 0 Å². The van der Waals surface area contributed by atoms with Gasteiger partial charge in [-0.3, -0.25) is 14.4 Å². The molecule has 1 aliphatic carbocycles. The first-order valence-corrected chi connectivity index (χ1v) is 19.5. The number of thiazole rings is 1. The van der Waals surface area contributed by atoms with E-state index in [1.165, 1.54) is 11.3 Å². The molecule has 268 valence electrons. The maximum atomic E-state index is 13.4. The number of aromatic nitrogens is 1. The molecule has 1 aliphatic rings. The van der Waals surface area contributed by atoms with Crippen molar-refractivity contribution in [2.45, 2.75) is 117 Å². The van der Waals surface area contributed by atoms with Crippen molar-refractivity contribution >= 4 is 45.0 Å². The van der Waals surface area contributed by atoms with Crippen LogP contribution in [-0.4, -0.2) is 85.1 Å². The van der Waals surface area contributed by atoms with Crippen LogP contribution in [-0.2, 0) is 35.6 Å². The summed E-state index contributed by atoms with van der Waals surface area (Å²) in [7, 11) is -3.71. The average Bonchev–Trinajstić information content (AvgIpc) is 3.41. The first-order valence-electron chi connectivity index (χ1n) is 16.5. The quantitative estimate of drug-likeness (QED) is 0.153. The third kappa shape index (κ3) is 15.3. The van der Waals surface area contributed by atoms with Crippen LogP contribution in [0, 0.1) is 30.6 Å². The summed E-state index contributed by atoms with van der Waals surface area (Å²) in [5.41, 5.74) is 0.765. The van der Waals surface area contributed by atoms with Crippen LogP contribution < -0.4 is 21.3 Å². The van der Waals surface area contributed by atoms with Gasteiger partial charge in [0.1, 0.15) is 33.5 Å². The van der Waals surface area contributed by atoms with Gasteiger partial charge in [-0.1, -0.05) is 53.9 Å². The second-order valence-electron chi connectivity index (χ2n) is 13.7. The Morgan fingerprint density at radius 3 is 2.17 bits per heavy atom. The number of alkyl carbamates (subject to hydrolysis) is 1. The first kappa shape index (κ1) is 40.4. The first-order chi connectivity index (χ1) is 21.9. The van der Waals surface area contributed by atoms with Crippen LogP contribution in [0.1, 0.15) is 90.3 Å². The Labute approximate surface area is 283 Å². The summed E-state index contributed by atoms with van der Waals surface area (Å²) >= 11 is 1.30. The summed E-state index contributed by atoms with van der Waals surface area (Å²) < 4.78 is 29.5. The van der Waals surface area contributed by atoms with E-state index in [2.05, 4.69) is 26.3 Å². The molecule has 1 heterocycles. The molecule has 47 heavy (non-hydrogen) atoms. The van der Waals surface area contributed by atoms with Gasteiger partial charge in [0, 0.05) is 29.8 Å². The monoisotopic (exact) mass is 701 g/mol. The molecule has 4 amide bonds. The zero-order chi connectivity index (χ0) is 35.3. The Morgan fingerprint density at radius 1 is 0.957 bits per heavy atom. The number of hydrogen-bond acceptors (Lipinski definition) is 10. The van der Waals surface area contributed by atoms with Crippen LogP contribution in [0.25, 0.3) is 0 Å². The van der Waals surface area contributed by atoms with Crippen LogP contribution in [0.2, 0.25) is 0 Å². The molecule has 15 heteroatoms. The van der Waals surface area contributed by atoms with Gasteiger partial charge in [-0.05, 0) is 50.4 Å². The zero-order valence-electron chi connectivity index (χ0n) is 28.8. The number of rotatable bonds is 18. The van der Waals surface area contributed by atoms with E-state index in [9.17, 15) is 32.7 Å². The summed E-state index contributed by atoms with van der Waals surface area (Å²) in [5, 5.41) is 24.5. The van der Waals surface area contributed by atoms with E-state index in [0.717, 1.165) is 44.1 Å². The maximum Gasteiger partial charge on any atom is 0.408 e. The van der Waals surface area contributed by atoms with Gasteiger partial charge in [-0.15, -0.1) is 11.3 Å². The highest BCUT2D eigenvalue weighted by Gasteiger charge is 2.34. The number of ether oxygens (including phenoxy) is 1. The molecular weight excluding hydrogens is 647 g/mol. The lowest BCUT2D eigenvalue weighted by Crippen LogP contribution is -2.56. The average molecular weight is 702 g/mol. The summed E-state index contributed by atoms with van der Waals surface area (Å²) in [6.07, 6.45) is 3.88. The number of aliphatic hydroxyl groups is 1. The zero-order valence-corrected chi connectivity index (χ0v) is 30.5. The van der Waals surface area contributed by atoms with Crippen LogP contribution in [0.4, 0.5) is 4.79 Å². The van der Waals surface area contributed by atoms with Gasteiger partial charge in [0.25, 0.3) is 0 Å². The lowest BCUT2D eigenvalue weighted by Gasteiger charge is -2.32. The molecule has 1 aromatic heterocycles. The van der Waals surface area contributed by atoms with Crippen molar-refractivity contribution in [1.29, 1.82) is 0 Å². The largest absolute Gasteiger partial charge is 0.442 e. The number of aliphatic hydroxyl groups excluding tert-OH is 1. The minimum atomic E-state index is -3.71. The van der Waals surface area contributed by atoms with Gasteiger partial charge in [0.2, 0.25) is 17.7 Å². The minimum Gasteiger partial charge on any atom is -0.442 e. The van der Waals surface area contributed by atoms with Crippen molar-refractivity contribution in [3.63, 3.8) is 0 Å². The predicted octanol–water partition coefficient (Wildman–Crippen LogP) is 2.85. The van der Waals surface area contributed by atoms with Gasteiger partial charge in [-0.2, -0.15) is 0 Å². The smallest absolute Gasteiger partial charge is 0.408 e. The third-order valence-corrected chi connectivity index (χ3v) is 9.90. The standard InChI is InChI=1S/C32H55N5O8S2/c1-19(2)13-24(35-30(40)25(18-47(7,43)44)36-32(42)45-16-27-34-22(6)17-46-27)26(38)14-21(5)29(39)37-28(23-11-9-8-10-12-23)31(41)33-15-20(3)4/h17,19-21,23-26,28,38H,8-16,18H2,1-7H3,(H,33,41)(H,35,40)(H,36,42)(H,37,39)/t21-,24-,25?,26+,28-/m1/s1. The summed E-state index contributed by atoms with van der Waals surface area (Å²) in [6, 6.07) is -3.01. The van der Waals surface area contributed by atoms with Gasteiger partial charge in [-0.25, -0.2) is 18.2 Å². The van der Waals surface area contributed by atoms with Crippen molar-refractivity contribution in [1.82, 2.24) is 26.3 Å². The van der Waals surface area contributed by atoms with Crippen molar-refractivity contribution in [2.24, 2.45) is 23.7 Å². The van der Waals surface area contributed by atoms with E-state index in [0.29, 0.717) is 18.0 Å². The third-order valence-electron chi connectivity index (χ3n) is 8.02. The van der Waals surface area contributed by atoms with Gasteiger partial charge >= 0.3 is 6.09 Å². The van der Waals surface area contributed by atoms with Crippen LogP contribution in [0.15, 0.2) is 5.38 Å². The number of nitrogens with zero attached hydrogens (tertiary/aromatic N) is 1. The second-order valence-corrected chi connectivity index (χ2v) is 16.8. The van der Waals surface area contributed by atoms with Gasteiger partial charge in [0.05, 0.1) is 17.9 Å². The number of amides is 4. The number of carbonyl (C=O) groups is 4. The summed E-state index contributed by atoms with van der Waals surface area (Å²) in [4.78, 5) is 56.6. The SMILES string of the molecule is Cc1csc(COC(=O)NC(CS(C)(=O)=O)C(=O)N[C@H](CC(C)C)[C@@H](O)C[C@@H](C)C(=O)N[C@@H](C(=O)NCC(C)C)C2CCCCC2)n1. The predicted molar refractivity (Wildman–Crippen MR) is 181 cm³/mol. The van der Waals surface area contributed by atoms with E-state index >= 15 is 0 Å². The van der Waals surface area contributed by atoms with Crippen LogP contribution in [0.3, 0.4) is 0 Å². The normalized spacial score (nSPS) is 17.3. The fourth-order valence-electron chi connectivity index (χ4n) is 5.58. The number of hydrogen-bond donors (Lipinski definition) is 5. The summed E-state index contributed by atoms with van der Waals surface area (Å²) in [6.45, 7) is 11.6. The van der Waals surface area contributed by atoms with Crippen molar-refractivity contribution in [2.75, 3.05) is 18.6 Å². The molecule has 1 fully saturated rings. The van der Waals surface area contributed by atoms with Crippen LogP contribution in [0.5, 0.6) is 0 Å². The molecular formula is C32H55N5O8S2. The Morgan fingerprint density at radius 2 is 1.62 bits per heavy atom. The Bertz CT molecular complexity index is 1280. The van der Waals surface area contributed by atoms with E-state index in [1.54, 1.807) is 19.2 Å². The van der Waals surface area contributed by atoms with Crippen LogP contribution >= 0.6 is 11.3 Å². The Kier molecular flexibility index (Phi) is 16.6. The minimum absolute atomic E-state index is 0.0199. The number of nitrogens with one attached hydrogen (secondary N) is 4. The van der Waals surface area contributed by atoms with Crippen molar-refractivity contribution < 1.29 is 37.4 Å². The molecule has 2 rings (SSSR count). The Balaban J connectivity index is 2.10. The highest BCUT2D eigenvalue weighted by atomic mass is 32.2. The van der Waals surface area contributed by atoms with Crippen molar-refractivity contribution in [3.05, 3.63) is 16.1 Å². The highest BCUT2D eigenvalue weighted by Crippen LogP contribution is 2.27. The number of aryl methyl sites for hydroxylation is 1. The van der Waals surface area contributed by atoms with E-state index in [-0.39, 0.29) is 42.6 Å². The molecule has 13 nitrogen and oxygen atoms in total. The highest BCUT2D eigenvalue weighted by molar-refractivity contribution is 7.90. The molecule has 5 atom stereocenters. The Hall–Kier alpha value is -2.78. The maximum absolute atomic E-state index is 13.4. The molecule has 0 bridgehead atoms. The van der Waals surface area contributed by atoms with E-state index in [1.807, 2.05) is 27.7 Å². The van der Waals surface area contributed by atoms with Gasteiger partial charge < -0.3 is 31.1 Å². The fraction of sp³-hybridized carbons (Fsp3) is 0.781. The van der Waals surface area contributed by atoms with E-state index < -0.39 is 57.7 Å². The molecule has 5 N–H and O–H groups in total.